The summed E-state index contributed by atoms with van der Waals surface area (Å²) in [6.45, 7) is 1.88. The van der Waals surface area contributed by atoms with E-state index in [9.17, 15) is 23.3 Å². The fourth-order valence-corrected chi connectivity index (χ4v) is 5.18. The Morgan fingerprint density at radius 3 is 2.58 bits per heavy atom. The van der Waals surface area contributed by atoms with Crippen molar-refractivity contribution in [3.63, 3.8) is 0 Å². The number of nitrogens with zero attached hydrogens (tertiary/aromatic N) is 2. The molecule has 0 radical (unpaired) electrons. The first-order valence-electron chi connectivity index (χ1n) is 9.55. The van der Waals surface area contributed by atoms with Crippen LogP contribution in [0.25, 0.3) is 0 Å². The van der Waals surface area contributed by atoms with Crippen molar-refractivity contribution in [1.29, 1.82) is 0 Å². The summed E-state index contributed by atoms with van der Waals surface area (Å²) in [4.78, 5) is 23.4. The fourth-order valence-electron chi connectivity index (χ4n) is 3.63. The van der Waals surface area contributed by atoms with E-state index in [1.165, 1.54) is 40.7 Å². The van der Waals surface area contributed by atoms with Gasteiger partial charge in [-0.15, -0.1) is 0 Å². The zero-order valence-corrected chi connectivity index (χ0v) is 17.4. The van der Waals surface area contributed by atoms with Gasteiger partial charge in [0.1, 0.15) is 0 Å². The molecule has 9 heteroatoms. The maximum Gasteiger partial charge on any atom is 0.274 e. The number of hydrogen-bond donors (Lipinski definition) is 1. The van der Waals surface area contributed by atoms with Gasteiger partial charge in [0.05, 0.1) is 26.8 Å². The van der Waals surface area contributed by atoms with Gasteiger partial charge in [0.2, 0.25) is 0 Å². The third-order valence-corrected chi connectivity index (χ3v) is 7.09. The van der Waals surface area contributed by atoms with E-state index < -0.39 is 20.9 Å². The van der Waals surface area contributed by atoms with E-state index in [-0.39, 0.29) is 16.1 Å². The summed E-state index contributed by atoms with van der Waals surface area (Å²) < 4.78 is 27.8. The normalized spacial score (nSPS) is 13.0. The predicted octanol–water partition coefficient (Wildman–Crippen LogP) is 3.91. The Bertz CT molecular complexity index is 1300. The van der Waals surface area contributed by atoms with E-state index >= 15 is 0 Å². The molecule has 3 aromatic rings. The van der Waals surface area contributed by atoms with Crippen molar-refractivity contribution >= 4 is 33.0 Å². The van der Waals surface area contributed by atoms with Crippen LogP contribution >= 0.6 is 0 Å². The molecule has 3 aromatic carbocycles. The largest absolute Gasteiger partial charge is 0.321 e. The van der Waals surface area contributed by atoms with Crippen molar-refractivity contribution < 1.29 is 18.1 Å². The van der Waals surface area contributed by atoms with Crippen LogP contribution < -0.4 is 9.62 Å². The number of anilines is 2. The third-order valence-electron chi connectivity index (χ3n) is 5.28. The number of nitrogens with one attached hydrogen (secondary N) is 1. The van der Waals surface area contributed by atoms with Gasteiger partial charge in [-0.05, 0) is 49.2 Å². The molecule has 1 aliphatic rings. The van der Waals surface area contributed by atoms with Crippen molar-refractivity contribution in [3.05, 3.63) is 93.5 Å². The molecule has 8 nitrogen and oxygen atoms in total. The molecule has 0 aromatic heterocycles. The molecule has 1 N–H and O–H groups in total. The summed E-state index contributed by atoms with van der Waals surface area (Å²) in [5.41, 5.74) is 2.24. The van der Waals surface area contributed by atoms with Crippen LogP contribution in [0.1, 0.15) is 21.5 Å². The minimum absolute atomic E-state index is 0.00705. The maximum absolute atomic E-state index is 13.2. The quantitative estimate of drug-likeness (QED) is 0.481. The molecule has 31 heavy (non-hydrogen) atoms. The lowest BCUT2D eigenvalue weighted by Gasteiger charge is -2.20. The second-order valence-electron chi connectivity index (χ2n) is 7.14. The summed E-state index contributed by atoms with van der Waals surface area (Å²) in [7, 11) is -3.84. The van der Waals surface area contributed by atoms with Crippen molar-refractivity contribution in [3.8, 4) is 0 Å². The van der Waals surface area contributed by atoms with E-state index in [1.54, 1.807) is 25.1 Å². The molecule has 1 heterocycles. The van der Waals surface area contributed by atoms with Gasteiger partial charge < -0.3 is 5.32 Å². The smallest absolute Gasteiger partial charge is 0.274 e. The Morgan fingerprint density at radius 1 is 1.06 bits per heavy atom. The summed E-state index contributed by atoms with van der Waals surface area (Å²) in [6, 6.07) is 17.5. The van der Waals surface area contributed by atoms with Crippen molar-refractivity contribution in [2.75, 3.05) is 16.2 Å². The van der Waals surface area contributed by atoms with E-state index in [1.807, 2.05) is 12.1 Å². The molecule has 0 unspecified atom stereocenters. The lowest BCUT2D eigenvalue weighted by molar-refractivity contribution is -0.385. The van der Waals surface area contributed by atoms with Gasteiger partial charge in [0.15, 0.2) is 0 Å². The molecule has 0 saturated heterocycles. The average Bonchev–Trinajstić information content (AvgIpc) is 3.20. The van der Waals surface area contributed by atoms with Gasteiger partial charge in [0, 0.05) is 18.2 Å². The minimum atomic E-state index is -3.84. The Balaban J connectivity index is 1.63. The highest BCUT2D eigenvalue weighted by atomic mass is 32.2. The number of rotatable bonds is 5. The van der Waals surface area contributed by atoms with E-state index in [0.29, 0.717) is 29.9 Å². The second kappa shape index (κ2) is 7.84. The van der Waals surface area contributed by atoms with Crippen LogP contribution in [-0.2, 0) is 16.4 Å². The van der Waals surface area contributed by atoms with Crippen LogP contribution in [-0.4, -0.2) is 25.8 Å². The van der Waals surface area contributed by atoms with Crippen LogP contribution in [0.3, 0.4) is 0 Å². The van der Waals surface area contributed by atoms with E-state index in [2.05, 4.69) is 5.32 Å². The molecule has 0 saturated carbocycles. The Hall–Kier alpha value is -3.72. The lowest BCUT2D eigenvalue weighted by atomic mass is 10.1. The first-order chi connectivity index (χ1) is 14.8. The summed E-state index contributed by atoms with van der Waals surface area (Å²) >= 11 is 0. The highest BCUT2D eigenvalue weighted by Gasteiger charge is 2.31. The van der Waals surface area contributed by atoms with Gasteiger partial charge in [-0.2, -0.15) is 0 Å². The summed E-state index contributed by atoms with van der Waals surface area (Å²) in [5.74, 6) is -0.553. The van der Waals surface area contributed by atoms with Crippen LogP contribution in [0, 0.1) is 17.0 Å². The Morgan fingerprint density at radius 2 is 1.81 bits per heavy atom. The second-order valence-corrected chi connectivity index (χ2v) is 9.01. The van der Waals surface area contributed by atoms with Crippen molar-refractivity contribution in [2.45, 2.75) is 18.2 Å². The molecule has 0 spiro atoms. The first-order valence-corrected chi connectivity index (χ1v) is 11.0. The molecule has 0 atom stereocenters. The number of fused-ring (bicyclic) bond motifs is 1. The van der Waals surface area contributed by atoms with Crippen LogP contribution in [0.5, 0.6) is 0 Å². The van der Waals surface area contributed by atoms with Gasteiger partial charge >= 0.3 is 0 Å². The molecule has 0 fully saturated rings. The number of nitro groups is 1. The maximum atomic E-state index is 13.2. The predicted molar refractivity (Wildman–Crippen MR) is 117 cm³/mol. The number of nitro benzene ring substituents is 1. The molecular weight excluding hydrogens is 418 g/mol. The molecular formula is C22H19N3O5S. The molecule has 1 amide bonds. The standard InChI is InChI=1S/C22H19N3O5S/c1-15-19(9-5-11-20(15)25(27)28)23-22(26)17-7-4-8-18(14-17)31(29,30)24-13-12-16-6-2-3-10-21(16)24/h2-11,14H,12-13H2,1H3,(H,23,26). The molecule has 158 valence electrons. The van der Waals surface area contributed by atoms with E-state index in [4.69, 9.17) is 0 Å². The number of carbonyl (C=O) groups is 1. The number of sulfonamides is 1. The fraction of sp³-hybridized carbons (Fsp3) is 0.136. The number of para-hydroxylation sites is 1. The number of carbonyl (C=O) groups excluding carboxylic acids is 1. The third kappa shape index (κ3) is 3.75. The highest BCUT2D eigenvalue weighted by molar-refractivity contribution is 7.92. The van der Waals surface area contributed by atoms with Crippen LogP contribution in [0.15, 0.2) is 71.6 Å². The monoisotopic (exact) mass is 437 g/mol. The number of benzene rings is 3. The van der Waals surface area contributed by atoms with Crippen molar-refractivity contribution in [1.82, 2.24) is 0 Å². The SMILES string of the molecule is Cc1c(NC(=O)c2cccc(S(=O)(=O)N3CCc4ccccc43)c2)cccc1[N+](=O)[O-]. The van der Waals surface area contributed by atoms with Gasteiger partial charge in [-0.25, -0.2) is 8.42 Å². The zero-order chi connectivity index (χ0) is 22.2. The summed E-state index contributed by atoms with van der Waals surface area (Å²) in [5, 5.41) is 13.8. The Labute approximate surface area is 179 Å². The molecule has 0 bridgehead atoms. The zero-order valence-electron chi connectivity index (χ0n) is 16.6. The topological polar surface area (TPSA) is 110 Å². The Kier molecular flexibility index (Phi) is 5.20. The van der Waals surface area contributed by atoms with Gasteiger partial charge in [-0.1, -0.05) is 30.3 Å². The molecule has 1 aliphatic heterocycles. The highest BCUT2D eigenvalue weighted by Crippen LogP contribution is 2.33. The number of hydrogen-bond acceptors (Lipinski definition) is 5. The van der Waals surface area contributed by atoms with Crippen LogP contribution in [0.2, 0.25) is 0 Å². The molecule has 4 rings (SSSR count). The lowest BCUT2D eigenvalue weighted by Crippen LogP contribution is -2.29. The van der Waals surface area contributed by atoms with Crippen molar-refractivity contribution in [2.24, 2.45) is 0 Å². The molecule has 0 aliphatic carbocycles. The average molecular weight is 437 g/mol. The number of amides is 1. The summed E-state index contributed by atoms with van der Waals surface area (Å²) in [6.07, 6.45) is 0.627. The first kappa shape index (κ1) is 20.5. The van der Waals surface area contributed by atoms with Crippen LogP contribution in [0.4, 0.5) is 17.1 Å². The minimum Gasteiger partial charge on any atom is -0.321 e. The van der Waals surface area contributed by atoms with Gasteiger partial charge in [-0.3, -0.25) is 19.2 Å². The van der Waals surface area contributed by atoms with E-state index in [0.717, 1.165) is 5.56 Å². The van der Waals surface area contributed by atoms with Gasteiger partial charge in [0.25, 0.3) is 21.6 Å².